The molecule has 0 bridgehead atoms. The molecule has 0 saturated carbocycles. The van der Waals surface area contributed by atoms with Crippen LogP contribution in [0.4, 0.5) is 5.69 Å². The largest absolute Gasteiger partial charge is 0.334 e. The molecule has 0 spiro atoms. The maximum Gasteiger partial charge on any atom is 0.243 e. The third-order valence-electron chi connectivity index (χ3n) is 3.07. The van der Waals surface area contributed by atoms with Gasteiger partial charge < -0.3 is 10.2 Å². The molecule has 20 heavy (non-hydrogen) atoms. The molecule has 2 amide bonds. The minimum atomic E-state index is -0.152. The summed E-state index contributed by atoms with van der Waals surface area (Å²) in [6, 6.07) is 5.91. The summed E-state index contributed by atoms with van der Waals surface area (Å²) in [5.74, 6) is -0.213. The van der Waals surface area contributed by atoms with E-state index in [2.05, 4.69) is 18.3 Å². The molecule has 0 heterocycles. The van der Waals surface area contributed by atoms with Crippen molar-refractivity contribution in [2.45, 2.75) is 40.5 Å². The number of carbonyl (C=O) groups is 2. The summed E-state index contributed by atoms with van der Waals surface area (Å²) in [5.41, 5.74) is 3.00. The van der Waals surface area contributed by atoms with Crippen LogP contribution >= 0.6 is 0 Å². The number of hydrogen-bond acceptors (Lipinski definition) is 2. The highest BCUT2D eigenvalue weighted by Crippen LogP contribution is 2.13. The minimum Gasteiger partial charge on any atom is -0.334 e. The number of nitrogens with one attached hydrogen (secondary N) is 1. The Labute approximate surface area is 121 Å². The maximum atomic E-state index is 12.0. The number of carbonyl (C=O) groups excluding carboxylic acids is 2. The van der Waals surface area contributed by atoms with Crippen molar-refractivity contribution in [1.29, 1.82) is 0 Å². The Morgan fingerprint density at radius 2 is 1.75 bits per heavy atom. The molecular formula is C16H24N2O2. The molecule has 0 aliphatic rings. The van der Waals surface area contributed by atoms with Crippen LogP contribution in [0.25, 0.3) is 0 Å². The fraction of sp³-hybridized carbons (Fsp3) is 0.500. The van der Waals surface area contributed by atoms with Crippen molar-refractivity contribution >= 4 is 17.5 Å². The van der Waals surface area contributed by atoms with Gasteiger partial charge in [-0.15, -0.1) is 0 Å². The van der Waals surface area contributed by atoms with Crippen molar-refractivity contribution in [3.8, 4) is 0 Å². The fourth-order valence-corrected chi connectivity index (χ4v) is 2.12. The van der Waals surface area contributed by atoms with E-state index in [1.165, 1.54) is 6.92 Å². The third kappa shape index (κ3) is 5.43. The van der Waals surface area contributed by atoms with Gasteiger partial charge in [0.25, 0.3) is 0 Å². The molecule has 0 aliphatic carbocycles. The average molecular weight is 276 g/mol. The Hall–Kier alpha value is -1.84. The van der Waals surface area contributed by atoms with Crippen molar-refractivity contribution in [3.05, 3.63) is 29.3 Å². The van der Waals surface area contributed by atoms with Crippen molar-refractivity contribution in [1.82, 2.24) is 4.90 Å². The van der Waals surface area contributed by atoms with Gasteiger partial charge in [-0.1, -0.05) is 19.4 Å². The van der Waals surface area contributed by atoms with Gasteiger partial charge in [0.05, 0.1) is 6.54 Å². The summed E-state index contributed by atoms with van der Waals surface area (Å²) in [6.45, 7) is 8.29. The van der Waals surface area contributed by atoms with E-state index in [1.807, 2.05) is 26.0 Å². The molecule has 0 unspecified atom stereocenters. The van der Waals surface area contributed by atoms with Gasteiger partial charge in [-0.2, -0.15) is 0 Å². The summed E-state index contributed by atoms with van der Waals surface area (Å²) < 4.78 is 0. The van der Waals surface area contributed by atoms with Gasteiger partial charge in [-0.3, -0.25) is 9.59 Å². The highest BCUT2D eigenvalue weighted by Gasteiger charge is 2.13. The molecule has 0 radical (unpaired) electrons. The third-order valence-corrected chi connectivity index (χ3v) is 3.07. The van der Waals surface area contributed by atoms with Gasteiger partial charge in [0.15, 0.2) is 0 Å². The minimum absolute atomic E-state index is 0.0611. The molecule has 0 aliphatic heterocycles. The summed E-state index contributed by atoms with van der Waals surface area (Å²) in [7, 11) is 0. The predicted molar refractivity (Wildman–Crippen MR) is 81.7 cm³/mol. The highest BCUT2D eigenvalue weighted by atomic mass is 16.2. The Morgan fingerprint density at radius 3 is 2.25 bits per heavy atom. The quantitative estimate of drug-likeness (QED) is 0.868. The van der Waals surface area contributed by atoms with Crippen LogP contribution in [0.2, 0.25) is 0 Å². The maximum absolute atomic E-state index is 12.0. The number of unbranched alkanes of at least 4 members (excludes halogenated alkanes) is 1. The summed E-state index contributed by atoms with van der Waals surface area (Å²) in [5, 5.41) is 2.85. The molecule has 110 valence electrons. The number of amides is 2. The second-order valence-electron chi connectivity index (χ2n) is 5.22. The molecule has 4 nitrogen and oxygen atoms in total. The highest BCUT2D eigenvalue weighted by molar-refractivity contribution is 5.94. The van der Waals surface area contributed by atoms with Gasteiger partial charge in [0.1, 0.15) is 0 Å². The Bertz CT molecular complexity index is 463. The van der Waals surface area contributed by atoms with E-state index >= 15 is 0 Å². The normalized spacial score (nSPS) is 10.2. The van der Waals surface area contributed by atoms with Crippen molar-refractivity contribution in [2.24, 2.45) is 0 Å². The van der Waals surface area contributed by atoms with Gasteiger partial charge in [0.2, 0.25) is 11.8 Å². The second-order valence-corrected chi connectivity index (χ2v) is 5.22. The zero-order valence-electron chi connectivity index (χ0n) is 12.8. The van der Waals surface area contributed by atoms with Gasteiger partial charge in [0, 0.05) is 19.2 Å². The fourth-order valence-electron chi connectivity index (χ4n) is 2.12. The molecule has 4 heteroatoms. The van der Waals surface area contributed by atoms with Gasteiger partial charge >= 0.3 is 0 Å². The molecule has 0 atom stereocenters. The number of benzene rings is 1. The van der Waals surface area contributed by atoms with E-state index in [1.54, 1.807) is 4.90 Å². The number of nitrogens with zero attached hydrogens (tertiary/aromatic N) is 1. The van der Waals surface area contributed by atoms with Gasteiger partial charge in [-0.05, 0) is 43.5 Å². The van der Waals surface area contributed by atoms with Crippen LogP contribution in [0.5, 0.6) is 0 Å². The molecule has 1 rings (SSSR count). The van der Waals surface area contributed by atoms with Crippen molar-refractivity contribution in [2.75, 3.05) is 18.4 Å². The van der Waals surface area contributed by atoms with Crippen LogP contribution in [-0.4, -0.2) is 29.8 Å². The zero-order valence-corrected chi connectivity index (χ0v) is 12.8. The summed E-state index contributed by atoms with van der Waals surface area (Å²) >= 11 is 0. The SMILES string of the molecule is CCCCN(CC(=O)Nc1cc(C)cc(C)c1)C(C)=O. The molecule has 0 saturated heterocycles. The average Bonchev–Trinajstić information content (AvgIpc) is 2.32. The Kier molecular flexibility index (Phi) is 6.22. The molecule has 0 aromatic heterocycles. The van der Waals surface area contributed by atoms with Gasteiger partial charge in [-0.25, -0.2) is 0 Å². The summed E-state index contributed by atoms with van der Waals surface area (Å²) in [4.78, 5) is 25.1. The van der Waals surface area contributed by atoms with E-state index in [0.29, 0.717) is 6.54 Å². The van der Waals surface area contributed by atoms with E-state index in [-0.39, 0.29) is 18.4 Å². The molecule has 1 aromatic rings. The Balaban J connectivity index is 2.63. The van der Waals surface area contributed by atoms with E-state index < -0.39 is 0 Å². The van der Waals surface area contributed by atoms with E-state index in [4.69, 9.17) is 0 Å². The lowest BCUT2D eigenvalue weighted by Gasteiger charge is -2.20. The molecule has 1 N–H and O–H groups in total. The van der Waals surface area contributed by atoms with E-state index in [9.17, 15) is 9.59 Å². The van der Waals surface area contributed by atoms with Crippen LogP contribution in [0, 0.1) is 13.8 Å². The van der Waals surface area contributed by atoms with Crippen LogP contribution in [0.15, 0.2) is 18.2 Å². The lowest BCUT2D eigenvalue weighted by atomic mass is 10.1. The number of aryl methyl sites for hydroxylation is 2. The van der Waals surface area contributed by atoms with Crippen LogP contribution in [0.3, 0.4) is 0 Å². The standard InChI is InChI=1S/C16H24N2O2/c1-5-6-7-18(14(4)19)11-16(20)17-15-9-12(2)8-13(3)10-15/h8-10H,5-7,11H2,1-4H3,(H,17,20). The first-order valence-electron chi connectivity index (χ1n) is 7.06. The number of anilines is 1. The molecule has 1 aromatic carbocycles. The number of hydrogen-bond donors (Lipinski definition) is 1. The molecular weight excluding hydrogens is 252 g/mol. The van der Waals surface area contributed by atoms with Crippen LogP contribution in [0.1, 0.15) is 37.8 Å². The van der Waals surface area contributed by atoms with Crippen molar-refractivity contribution < 1.29 is 9.59 Å². The van der Waals surface area contributed by atoms with Crippen LogP contribution in [-0.2, 0) is 9.59 Å². The predicted octanol–water partition coefficient (Wildman–Crippen LogP) is 2.89. The lowest BCUT2D eigenvalue weighted by Crippen LogP contribution is -2.37. The topological polar surface area (TPSA) is 49.4 Å². The second kappa shape index (κ2) is 7.68. The number of rotatable bonds is 6. The first-order valence-corrected chi connectivity index (χ1v) is 7.06. The lowest BCUT2D eigenvalue weighted by molar-refractivity contribution is -0.132. The van der Waals surface area contributed by atoms with Crippen LogP contribution < -0.4 is 5.32 Å². The smallest absolute Gasteiger partial charge is 0.243 e. The molecule has 0 fully saturated rings. The Morgan fingerprint density at radius 1 is 1.15 bits per heavy atom. The summed E-state index contributed by atoms with van der Waals surface area (Å²) in [6.07, 6.45) is 1.92. The van der Waals surface area contributed by atoms with E-state index in [0.717, 1.165) is 29.7 Å². The zero-order chi connectivity index (χ0) is 15.1. The van der Waals surface area contributed by atoms with Crippen molar-refractivity contribution in [3.63, 3.8) is 0 Å². The first-order chi connectivity index (χ1) is 9.42. The first kappa shape index (κ1) is 16.2. The monoisotopic (exact) mass is 276 g/mol.